The number of aromatic hydroxyl groups is 1. The number of aromatic nitrogens is 2. The molecule has 0 bridgehead atoms. The van der Waals surface area contributed by atoms with Crippen molar-refractivity contribution in [2.75, 3.05) is 0 Å². The number of imidazole rings is 1. The van der Waals surface area contributed by atoms with Crippen LogP contribution in [0.25, 0.3) is 5.52 Å². The highest BCUT2D eigenvalue weighted by molar-refractivity contribution is 5.49. The van der Waals surface area contributed by atoms with E-state index >= 15 is 0 Å². The molecule has 1 saturated carbocycles. The van der Waals surface area contributed by atoms with Crippen LogP contribution in [0, 0.1) is 0 Å². The fraction of sp³-hybridized carbons (Fsp3) is 0.300. The molecule has 1 N–H and O–H groups in total. The van der Waals surface area contributed by atoms with Crippen molar-refractivity contribution in [2.45, 2.75) is 18.8 Å². The fourth-order valence-electron chi connectivity index (χ4n) is 1.68. The van der Waals surface area contributed by atoms with Crippen molar-refractivity contribution in [1.82, 2.24) is 9.38 Å². The lowest BCUT2D eigenvalue weighted by molar-refractivity contribution is 0.443. The Labute approximate surface area is 75.7 Å². The van der Waals surface area contributed by atoms with Crippen LogP contribution in [0.15, 0.2) is 24.4 Å². The van der Waals surface area contributed by atoms with Crippen molar-refractivity contribution < 1.29 is 5.11 Å². The SMILES string of the molecule is Oc1cccc2cnc(C3CC3)n12. The minimum Gasteiger partial charge on any atom is -0.494 e. The highest BCUT2D eigenvalue weighted by atomic mass is 16.3. The zero-order chi connectivity index (χ0) is 8.84. The molecule has 1 aliphatic carbocycles. The van der Waals surface area contributed by atoms with E-state index in [0.717, 1.165) is 11.3 Å². The average Bonchev–Trinajstić information content (AvgIpc) is 2.87. The Kier molecular flexibility index (Phi) is 1.20. The smallest absolute Gasteiger partial charge is 0.197 e. The maximum atomic E-state index is 9.64. The van der Waals surface area contributed by atoms with Crippen LogP contribution in [-0.2, 0) is 0 Å². The van der Waals surface area contributed by atoms with Gasteiger partial charge in [-0.05, 0) is 25.0 Å². The summed E-state index contributed by atoms with van der Waals surface area (Å²) in [4.78, 5) is 4.32. The van der Waals surface area contributed by atoms with Gasteiger partial charge in [0.2, 0.25) is 0 Å². The van der Waals surface area contributed by atoms with Gasteiger partial charge in [-0.3, -0.25) is 4.40 Å². The number of hydrogen-bond acceptors (Lipinski definition) is 2. The van der Waals surface area contributed by atoms with Gasteiger partial charge in [0.25, 0.3) is 0 Å². The third-order valence-electron chi connectivity index (χ3n) is 2.50. The van der Waals surface area contributed by atoms with Crippen LogP contribution < -0.4 is 0 Å². The maximum Gasteiger partial charge on any atom is 0.197 e. The standard InChI is InChI=1S/C10H10N2O/c13-9-3-1-2-8-6-11-10(12(8)9)7-4-5-7/h1-3,6-7,13H,4-5H2. The molecular weight excluding hydrogens is 164 g/mol. The largest absolute Gasteiger partial charge is 0.494 e. The Balaban J connectivity index is 2.34. The highest BCUT2D eigenvalue weighted by Crippen LogP contribution is 2.40. The normalized spacial score (nSPS) is 16.6. The molecule has 2 aromatic rings. The highest BCUT2D eigenvalue weighted by Gasteiger charge is 2.28. The van der Waals surface area contributed by atoms with Gasteiger partial charge in [-0.15, -0.1) is 0 Å². The van der Waals surface area contributed by atoms with E-state index in [-0.39, 0.29) is 5.88 Å². The molecule has 0 aliphatic heterocycles. The summed E-state index contributed by atoms with van der Waals surface area (Å²) in [6.07, 6.45) is 4.22. The number of pyridine rings is 1. The van der Waals surface area contributed by atoms with Gasteiger partial charge in [0, 0.05) is 5.92 Å². The summed E-state index contributed by atoms with van der Waals surface area (Å²) in [6.45, 7) is 0. The van der Waals surface area contributed by atoms with Gasteiger partial charge < -0.3 is 5.11 Å². The van der Waals surface area contributed by atoms with Crippen molar-refractivity contribution in [3.63, 3.8) is 0 Å². The number of fused-ring (bicyclic) bond motifs is 1. The molecule has 0 unspecified atom stereocenters. The summed E-state index contributed by atoms with van der Waals surface area (Å²) >= 11 is 0. The first kappa shape index (κ1) is 6.95. The van der Waals surface area contributed by atoms with Gasteiger partial charge in [0.05, 0.1) is 11.7 Å². The van der Waals surface area contributed by atoms with Crippen molar-refractivity contribution >= 4 is 5.52 Å². The molecule has 1 fully saturated rings. The van der Waals surface area contributed by atoms with Gasteiger partial charge in [-0.25, -0.2) is 4.98 Å². The Morgan fingerprint density at radius 2 is 2.23 bits per heavy atom. The molecule has 0 spiro atoms. The van der Waals surface area contributed by atoms with Crippen molar-refractivity contribution in [3.05, 3.63) is 30.2 Å². The third-order valence-corrected chi connectivity index (χ3v) is 2.50. The molecule has 0 saturated heterocycles. The van der Waals surface area contributed by atoms with Crippen LogP contribution in [0.2, 0.25) is 0 Å². The van der Waals surface area contributed by atoms with E-state index in [2.05, 4.69) is 4.98 Å². The summed E-state index contributed by atoms with van der Waals surface area (Å²) in [5.41, 5.74) is 0.974. The molecule has 3 heteroatoms. The van der Waals surface area contributed by atoms with Gasteiger partial charge in [-0.1, -0.05) is 6.07 Å². The van der Waals surface area contributed by atoms with Crippen LogP contribution in [0.1, 0.15) is 24.6 Å². The molecule has 3 nitrogen and oxygen atoms in total. The Bertz CT molecular complexity index is 457. The molecule has 2 aromatic heterocycles. The lowest BCUT2D eigenvalue weighted by atomic mass is 10.4. The first-order valence-electron chi connectivity index (χ1n) is 4.51. The lowest BCUT2D eigenvalue weighted by Crippen LogP contribution is -1.92. The summed E-state index contributed by atoms with van der Waals surface area (Å²) in [6, 6.07) is 5.49. The number of nitrogens with zero attached hydrogens (tertiary/aromatic N) is 2. The van der Waals surface area contributed by atoms with Crippen LogP contribution in [0.4, 0.5) is 0 Å². The van der Waals surface area contributed by atoms with E-state index in [0.29, 0.717) is 5.92 Å². The predicted molar refractivity (Wildman–Crippen MR) is 48.8 cm³/mol. The molecule has 2 heterocycles. The Hall–Kier alpha value is -1.51. The van der Waals surface area contributed by atoms with Gasteiger partial charge in [0.1, 0.15) is 5.82 Å². The van der Waals surface area contributed by atoms with E-state index < -0.39 is 0 Å². The van der Waals surface area contributed by atoms with Crippen molar-refractivity contribution in [1.29, 1.82) is 0 Å². The summed E-state index contributed by atoms with van der Waals surface area (Å²) in [5, 5.41) is 9.64. The molecule has 0 atom stereocenters. The number of rotatable bonds is 1. The van der Waals surface area contributed by atoms with Gasteiger partial charge >= 0.3 is 0 Å². The van der Waals surface area contributed by atoms with E-state index in [4.69, 9.17) is 0 Å². The lowest BCUT2D eigenvalue weighted by Gasteiger charge is -2.01. The quantitative estimate of drug-likeness (QED) is 0.717. The first-order valence-corrected chi connectivity index (χ1v) is 4.51. The second-order valence-corrected chi connectivity index (χ2v) is 3.53. The zero-order valence-electron chi connectivity index (χ0n) is 7.14. The van der Waals surface area contributed by atoms with Gasteiger partial charge in [-0.2, -0.15) is 0 Å². The molecule has 13 heavy (non-hydrogen) atoms. The second kappa shape index (κ2) is 2.25. The number of hydrogen-bond donors (Lipinski definition) is 1. The van der Waals surface area contributed by atoms with E-state index in [9.17, 15) is 5.11 Å². The average molecular weight is 174 g/mol. The fourth-order valence-corrected chi connectivity index (χ4v) is 1.68. The van der Waals surface area contributed by atoms with E-state index in [1.807, 2.05) is 22.7 Å². The van der Waals surface area contributed by atoms with Crippen LogP contribution >= 0.6 is 0 Å². The molecule has 3 rings (SSSR count). The molecule has 66 valence electrons. The molecule has 0 radical (unpaired) electrons. The van der Waals surface area contributed by atoms with E-state index in [1.165, 1.54) is 12.8 Å². The third kappa shape index (κ3) is 0.932. The minimum atomic E-state index is 0.289. The van der Waals surface area contributed by atoms with Crippen LogP contribution in [-0.4, -0.2) is 14.5 Å². The molecule has 0 aromatic carbocycles. The summed E-state index contributed by atoms with van der Waals surface area (Å²) < 4.78 is 1.83. The second-order valence-electron chi connectivity index (χ2n) is 3.53. The van der Waals surface area contributed by atoms with Gasteiger partial charge in [0.15, 0.2) is 5.88 Å². The van der Waals surface area contributed by atoms with Crippen molar-refractivity contribution in [2.24, 2.45) is 0 Å². The van der Waals surface area contributed by atoms with Crippen molar-refractivity contribution in [3.8, 4) is 5.88 Å². The minimum absolute atomic E-state index is 0.289. The maximum absolute atomic E-state index is 9.64. The predicted octanol–water partition coefficient (Wildman–Crippen LogP) is 1.92. The summed E-state index contributed by atoms with van der Waals surface area (Å²) in [7, 11) is 0. The van der Waals surface area contributed by atoms with E-state index in [1.54, 1.807) is 6.07 Å². The molecular formula is C10H10N2O. The van der Waals surface area contributed by atoms with Crippen LogP contribution in [0.3, 0.4) is 0 Å². The molecule has 1 aliphatic rings. The summed E-state index contributed by atoms with van der Waals surface area (Å²) in [5.74, 6) is 1.86. The first-order chi connectivity index (χ1) is 6.36. The Morgan fingerprint density at radius 3 is 3.00 bits per heavy atom. The topological polar surface area (TPSA) is 37.5 Å². The monoisotopic (exact) mass is 174 g/mol. The molecule has 0 amide bonds. The Morgan fingerprint density at radius 1 is 1.38 bits per heavy atom. The zero-order valence-corrected chi connectivity index (χ0v) is 7.14. The van der Waals surface area contributed by atoms with Crippen LogP contribution in [0.5, 0.6) is 5.88 Å².